The number of carbonyl (C=O) groups excluding carboxylic acids is 1. The average molecular weight is 359 g/mol. The van der Waals surface area contributed by atoms with Gasteiger partial charge in [0, 0.05) is 11.5 Å². The first-order chi connectivity index (χ1) is 12.0. The topological polar surface area (TPSA) is 75.6 Å². The normalized spacial score (nSPS) is 12.8. The third-order valence-electron chi connectivity index (χ3n) is 3.57. The van der Waals surface area contributed by atoms with Crippen LogP contribution in [0.1, 0.15) is 18.1 Å². The molecule has 25 heavy (non-hydrogen) atoms. The molecule has 0 saturated heterocycles. The van der Waals surface area contributed by atoms with Gasteiger partial charge in [0.2, 0.25) is 0 Å². The lowest BCUT2D eigenvalue weighted by Crippen LogP contribution is -2.54. The monoisotopic (exact) mass is 359 g/mol. The van der Waals surface area contributed by atoms with E-state index in [1.165, 1.54) is 18.7 Å². The van der Waals surface area contributed by atoms with Gasteiger partial charge in [-0.25, -0.2) is 9.59 Å². The average Bonchev–Trinajstić information content (AvgIpc) is 2.61. The Balaban J connectivity index is 1.85. The molecule has 0 heterocycles. The molecule has 6 heteroatoms. The summed E-state index contributed by atoms with van der Waals surface area (Å²) in [6.07, 6.45) is -0.742. The Hall–Kier alpha value is -2.47. The number of carboxylic acid groups (broad SMARTS) is 1. The first kappa shape index (κ1) is 18.9. The summed E-state index contributed by atoms with van der Waals surface area (Å²) >= 11 is 1.45. The lowest BCUT2D eigenvalue weighted by Gasteiger charge is -2.25. The summed E-state index contributed by atoms with van der Waals surface area (Å²) in [5, 5.41) is 11.9. The molecule has 0 unspecified atom stereocenters. The summed E-state index contributed by atoms with van der Waals surface area (Å²) in [7, 11) is 0. The molecular formula is C19H21NO4S. The molecule has 2 N–H and O–H groups in total. The minimum atomic E-state index is -1.40. The molecule has 0 bridgehead atoms. The summed E-state index contributed by atoms with van der Waals surface area (Å²) in [4.78, 5) is 23.6. The Morgan fingerprint density at radius 1 is 1.04 bits per heavy atom. The van der Waals surface area contributed by atoms with Crippen LogP contribution in [0.3, 0.4) is 0 Å². The lowest BCUT2D eigenvalue weighted by atomic mass is 10.1. The van der Waals surface area contributed by atoms with Crippen molar-refractivity contribution in [2.45, 2.75) is 24.8 Å². The SMILES string of the molecule is C[C@@](CSCc1ccccc1)(NC(=O)OCc1ccccc1)C(=O)O. The van der Waals surface area contributed by atoms with Gasteiger partial charge in [0.15, 0.2) is 0 Å². The maximum atomic E-state index is 12.0. The Kier molecular flexibility index (Phi) is 6.89. The zero-order valence-corrected chi connectivity index (χ0v) is 14.8. The summed E-state index contributed by atoms with van der Waals surface area (Å²) in [5.41, 5.74) is 0.549. The highest BCUT2D eigenvalue weighted by Crippen LogP contribution is 2.19. The van der Waals surface area contributed by atoms with Crippen molar-refractivity contribution in [2.24, 2.45) is 0 Å². The molecule has 0 aliphatic carbocycles. The number of nitrogens with one attached hydrogen (secondary N) is 1. The zero-order chi connectivity index (χ0) is 18.1. The van der Waals surface area contributed by atoms with Gasteiger partial charge in [-0.05, 0) is 18.1 Å². The van der Waals surface area contributed by atoms with Crippen molar-refractivity contribution in [3.05, 3.63) is 71.8 Å². The Morgan fingerprint density at radius 2 is 1.60 bits per heavy atom. The third-order valence-corrected chi connectivity index (χ3v) is 4.88. The van der Waals surface area contributed by atoms with Crippen molar-refractivity contribution >= 4 is 23.8 Å². The van der Waals surface area contributed by atoms with Crippen LogP contribution in [0.15, 0.2) is 60.7 Å². The van der Waals surface area contributed by atoms with Crippen LogP contribution >= 0.6 is 11.8 Å². The number of benzene rings is 2. The van der Waals surface area contributed by atoms with Crippen LogP contribution in [-0.4, -0.2) is 28.5 Å². The first-order valence-corrected chi connectivity index (χ1v) is 8.99. The van der Waals surface area contributed by atoms with Crippen molar-refractivity contribution in [1.82, 2.24) is 5.32 Å². The van der Waals surface area contributed by atoms with Gasteiger partial charge in [-0.15, -0.1) is 0 Å². The summed E-state index contributed by atoms with van der Waals surface area (Å²) in [6, 6.07) is 19.0. The highest BCUT2D eigenvalue weighted by Gasteiger charge is 2.35. The smallest absolute Gasteiger partial charge is 0.408 e. The molecule has 0 saturated carbocycles. The highest BCUT2D eigenvalue weighted by molar-refractivity contribution is 7.98. The molecule has 1 amide bonds. The molecular weight excluding hydrogens is 338 g/mol. The second-order valence-corrected chi connectivity index (χ2v) is 6.79. The standard InChI is InChI=1S/C19H21NO4S/c1-19(17(21)22,14-25-13-16-10-6-3-7-11-16)20-18(23)24-12-15-8-4-2-5-9-15/h2-11H,12-14H2,1H3,(H,20,23)(H,21,22)/t19-/m0/s1. The Morgan fingerprint density at radius 3 is 2.16 bits per heavy atom. The number of carboxylic acids is 1. The maximum absolute atomic E-state index is 12.0. The van der Waals surface area contributed by atoms with E-state index in [-0.39, 0.29) is 12.4 Å². The summed E-state index contributed by atoms with van der Waals surface area (Å²) in [6.45, 7) is 1.58. The van der Waals surface area contributed by atoms with Gasteiger partial charge in [0.25, 0.3) is 0 Å². The van der Waals surface area contributed by atoms with Crippen molar-refractivity contribution in [1.29, 1.82) is 0 Å². The van der Waals surface area contributed by atoms with E-state index in [9.17, 15) is 14.7 Å². The number of carbonyl (C=O) groups is 2. The first-order valence-electron chi connectivity index (χ1n) is 7.83. The molecule has 1 atom stereocenters. The lowest BCUT2D eigenvalue weighted by molar-refractivity contribution is -0.142. The van der Waals surface area contributed by atoms with E-state index < -0.39 is 17.6 Å². The van der Waals surface area contributed by atoms with Crippen LogP contribution < -0.4 is 5.32 Å². The van der Waals surface area contributed by atoms with Crippen LogP contribution in [-0.2, 0) is 21.9 Å². The number of ether oxygens (including phenoxy) is 1. The van der Waals surface area contributed by atoms with Gasteiger partial charge in [0.05, 0.1) is 0 Å². The van der Waals surface area contributed by atoms with Crippen molar-refractivity contribution in [3.63, 3.8) is 0 Å². The second-order valence-electron chi connectivity index (χ2n) is 5.80. The van der Waals surface area contributed by atoms with E-state index >= 15 is 0 Å². The van der Waals surface area contributed by atoms with Gasteiger partial charge in [-0.1, -0.05) is 60.7 Å². The predicted molar refractivity (Wildman–Crippen MR) is 98.4 cm³/mol. The van der Waals surface area contributed by atoms with Crippen LogP contribution in [0.4, 0.5) is 4.79 Å². The summed E-state index contributed by atoms with van der Waals surface area (Å²) in [5.74, 6) is -0.188. The van der Waals surface area contributed by atoms with E-state index in [4.69, 9.17) is 4.74 Å². The minimum Gasteiger partial charge on any atom is -0.479 e. The number of rotatable bonds is 8. The predicted octanol–water partition coefficient (Wildman–Crippen LogP) is 3.69. The fourth-order valence-corrected chi connectivity index (χ4v) is 3.22. The van der Waals surface area contributed by atoms with Crippen LogP contribution in [0.25, 0.3) is 0 Å². The number of alkyl carbamates (subject to hydrolysis) is 1. The second kappa shape index (κ2) is 9.13. The highest BCUT2D eigenvalue weighted by atomic mass is 32.2. The van der Waals surface area contributed by atoms with Gasteiger partial charge in [-0.2, -0.15) is 11.8 Å². The van der Waals surface area contributed by atoms with Crippen molar-refractivity contribution in [2.75, 3.05) is 5.75 Å². The minimum absolute atomic E-state index is 0.0968. The quantitative estimate of drug-likeness (QED) is 0.752. The van der Waals surface area contributed by atoms with Gasteiger partial charge < -0.3 is 15.2 Å². The van der Waals surface area contributed by atoms with Crippen molar-refractivity contribution in [3.8, 4) is 0 Å². The Labute approximate surface area is 151 Å². The number of amides is 1. The van der Waals surface area contributed by atoms with E-state index in [2.05, 4.69) is 5.32 Å². The zero-order valence-electron chi connectivity index (χ0n) is 14.0. The molecule has 132 valence electrons. The number of aliphatic carboxylic acids is 1. The molecule has 0 aliphatic rings. The third kappa shape index (κ3) is 6.15. The van der Waals surface area contributed by atoms with Crippen LogP contribution in [0.2, 0.25) is 0 Å². The van der Waals surface area contributed by atoms with Gasteiger partial charge >= 0.3 is 12.1 Å². The van der Waals surface area contributed by atoms with Crippen LogP contribution in [0, 0.1) is 0 Å². The molecule has 0 radical (unpaired) electrons. The van der Waals surface area contributed by atoms with E-state index in [1.807, 2.05) is 60.7 Å². The fraction of sp³-hybridized carbons (Fsp3) is 0.263. The molecule has 0 aliphatic heterocycles. The number of hydrogen-bond donors (Lipinski definition) is 2. The molecule has 2 aromatic rings. The molecule has 2 aromatic carbocycles. The largest absolute Gasteiger partial charge is 0.479 e. The van der Waals surface area contributed by atoms with Crippen molar-refractivity contribution < 1.29 is 19.4 Å². The molecule has 2 rings (SSSR count). The summed E-state index contributed by atoms with van der Waals surface area (Å²) < 4.78 is 5.12. The molecule has 5 nitrogen and oxygen atoms in total. The van der Waals surface area contributed by atoms with E-state index in [1.54, 1.807) is 0 Å². The van der Waals surface area contributed by atoms with E-state index in [0.29, 0.717) is 5.75 Å². The molecule has 0 fully saturated rings. The maximum Gasteiger partial charge on any atom is 0.408 e. The number of hydrogen-bond acceptors (Lipinski definition) is 4. The molecule has 0 aromatic heterocycles. The molecule has 0 spiro atoms. The number of thioether (sulfide) groups is 1. The van der Waals surface area contributed by atoms with Gasteiger partial charge in [0.1, 0.15) is 12.1 Å². The Bertz CT molecular complexity index is 693. The van der Waals surface area contributed by atoms with E-state index in [0.717, 1.165) is 11.1 Å². The fourth-order valence-electron chi connectivity index (χ4n) is 2.08. The van der Waals surface area contributed by atoms with Crippen LogP contribution in [0.5, 0.6) is 0 Å². The van der Waals surface area contributed by atoms with Gasteiger partial charge in [-0.3, -0.25) is 0 Å².